The van der Waals surface area contributed by atoms with Gasteiger partial charge in [-0.2, -0.15) is 0 Å². The van der Waals surface area contributed by atoms with Crippen molar-refractivity contribution in [3.8, 4) is 33.5 Å². The number of aromatic nitrogens is 2. The molecule has 1 N–H and O–H groups in total. The third-order valence-corrected chi connectivity index (χ3v) is 6.20. The number of hydrogen-bond donors (Lipinski definition) is 1. The van der Waals surface area contributed by atoms with Crippen molar-refractivity contribution in [1.82, 2.24) is 9.97 Å². The molecular formula is C26H18FN3OS. The van der Waals surface area contributed by atoms with Gasteiger partial charge in [0.1, 0.15) is 5.82 Å². The first-order valence-corrected chi connectivity index (χ1v) is 10.9. The van der Waals surface area contributed by atoms with Crippen molar-refractivity contribution in [3.05, 3.63) is 89.8 Å². The zero-order chi connectivity index (χ0) is 22.1. The van der Waals surface area contributed by atoms with E-state index in [1.54, 1.807) is 24.3 Å². The number of nitrogens with zero attached hydrogens (tertiary/aromatic N) is 2. The van der Waals surface area contributed by atoms with Crippen molar-refractivity contribution in [2.75, 3.05) is 5.32 Å². The molecule has 5 rings (SSSR count). The van der Waals surface area contributed by atoms with E-state index >= 15 is 0 Å². The average Bonchev–Trinajstić information content (AvgIpc) is 3.29. The minimum absolute atomic E-state index is 0.234. The third-order valence-electron chi connectivity index (χ3n) is 5.41. The molecule has 0 bridgehead atoms. The van der Waals surface area contributed by atoms with E-state index in [9.17, 15) is 9.18 Å². The van der Waals surface area contributed by atoms with Gasteiger partial charge in [-0.05, 0) is 72.1 Å². The molecule has 0 aliphatic carbocycles. The van der Waals surface area contributed by atoms with Crippen LogP contribution < -0.4 is 5.32 Å². The molecule has 32 heavy (non-hydrogen) atoms. The first kappa shape index (κ1) is 20.0. The van der Waals surface area contributed by atoms with Crippen LogP contribution in [0.2, 0.25) is 0 Å². The zero-order valence-corrected chi connectivity index (χ0v) is 18.0. The number of anilines is 1. The summed E-state index contributed by atoms with van der Waals surface area (Å²) in [6, 6.07) is 20.9. The summed E-state index contributed by atoms with van der Waals surface area (Å²) in [5.74, 6) is -0.234. The summed E-state index contributed by atoms with van der Waals surface area (Å²) >= 11 is 1.59. The fourth-order valence-corrected chi connectivity index (χ4v) is 4.43. The maximum atomic E-state index is 13.9. The summed E-state index contributed by atoms with van der Waals surface area (Å²) in [5.41, 5.74) is 9.66. The monoisotopic (exact) mass is 439 g/mol. The van der Waals surface area contributed by atoms with Gasteiger partial charge in [0.05, 0.1) is 21.4 Å². The molecule has 0 radical (unpaired) electrons. The lowest BCUT2D eigenvalue weighted by molar-refractivity contribution is -0.105. The first-order valence-electron chi connectivity index (χ1n) is 10.0. The molecule has 2 aromatic heterocycles. The van der Waals surface area contributed by atoms with Crippen LogP contribution in [0, 0.1) is 12.7 Å². The molecular weight excluding hydrogens is 421 g/mol. The van der Waals surface area contributed by atoms with Gasteiger partial charge >= 0.3 is 0 Å². The Morgan fingerprint density at radius 3 is 2.44 bits per heavy atom. The average molecular weight is 440 g/mol. The number of fused-ring (bicyclic) bond motifs is 1. The lowest BCUT2D eigenvalue weighted by atomic mass is 9.95. The topological polar surface area (TPSA) is 54.9 Å². The molecule has 6 heteroatoms. The molecule has 156 valence electrons. The lowest BCUT2D eigenvalue weighted by Gasteiger charge is -2.13. The van der Waals surface area contributed by atoms with E-state index in [1.807, 2.05) is 54.2 Å². The van der Waals surface area contributed by atoms with Crippen LogP contribution in [0.4, 0.5) is 10.1 Å². The zero-order valence-electron chi connectivity index (χ0n) is 17.2. The number of thiazole rings is 1. The van der Waals surface area contributed by atoms with Crippen LogP contribution in [-0.2, 0) is 4.79 Å². The Bertz CT molecular complexity index is 1440. The molecule has 4 nitrogen and oxygen atoms in total. The van der Waals surface area contributed by atoms with Crippen molar-refractivity contribution in [1.29, 1.82) is 0 Å². The fraction of sp³-hybridized carbons (Fsp3) is 0.0385. The molecule has 0 aliphatic rings. The number of pyridine rings is 1. The van der Waals surface area contributed by atoms with Crippen LogP contribution in [0.5, 0.6) is 0 Å². The highest BCUT2D eigenvalue weighted by molar-refractivity contribution is 7.16. The normalized spacial score (nSPS) is 10.9. The Hall–Kier alpha value is -3.90. The Balaban J connectivity index is 1.67. The van der Waals surface area contributed by atoms with E-state index in [0.29, 0.717) is 12.0 Å². The summed E-state index contributed by atoms with van der Waals surface area (Å²) in [5, 5.41) is 2.65. The molecule has 0 saturated carbocycles. The SMILES string of the molecule is Cc1cc(-c2ncc(-c3ccc(NC=O)cc3)cc2-c2ccc3ncsc3c2)ccc1F. The number of carbonyl (C=O) groups excluding carboxylic acids is 1. The minimum atomic E-state index is -0.234. The van der Waals surface area contributed by atoms with Crippen molar-refractivity contribution < 1.29 is 9.18 Å². The van der Waals surface area contributed by atoms with Gasteiger partial charge in [0.15, 0.2) is 0 Å². The largest absolute Gasteiger partial charge is 0.329 e. The van der Waals surface area contributed by atoms with Crippen molar-refractivity contribution >= 4 is 33.7 Å². The lowest BCUT2D eigenvalue weighted by Crippen LogP contribution is -1.94. The molecule has 1 amide bonds. The molecule has 0 unspecified atom stereocenters. The van der Waals surface area contributed by atoms with E-state index in [4.69, 9.17) is 4.98 Å². The standard InChI is InChI=1S/C26H18FN3OS/c1-16-10-19(4-8-23(16)27)26-22(18-5-9-24-25(12-18)32-15-30-24)11-20(13-28-26)17-2-6-21(7-3-17)29-14-31/h2-15H,1H3,(H,29,31). The third kappa shape index (κ3) is 3.76. The summed E-state index contributed by atoms with van der Waals surface area (Å²) < 4.78 is 15.0. The first-order chi connectivity index (χ1) is 15.6. The number of hydrogen-bond acceptors (Lipinski definition) is 4. The Morgan fingerprint density at radius 1 is 0.875 bits per heavy atom. The number of halogens is 1. The second kappa shape index (κ2) is 8.32. The Kier molecular flexibility index (Phi) is 5.21. The Labute approximate surface area is 188 Å². The number of carbonyl (C=O) groups is 1. The summed E-state index contributed by atoms with van der Waals surface area (Å²) in [4.78, 5) is 19.8. The van der Waals surface area contributed by atoms with Crippen molar-refractivity contribution in [3.63, 3.8) is 0 Å². The van der Waals surface area contributed by atoms with Crippen molar-refractivity contribution in [2.24, 2.45) is 0 Å². The second-order valence-corrected chi connectivity index (χ2v) is 8.34. The van der Waals surface area contributed by atoms with Crippen LogP contribution in [0.15, 0.2) is 78.4 Å². The number of benzene rings is 3. The molecule has 0 atom stereocenters. The quantitative estimate of drug-likeness (QED) is 0.310. The van der Waals surface area contributed by atoms with Crippen LogP contribution in [0.1, 0.15) is 5.56 Å². The number of aryl methyl sites for hydroxylation is 1. The highest BCUT2D eigenvalue weighted by Crippen LogP contribution is 2.36. The maximum Gasteiger partial charge on any atom is 0.211 e. The highest BCUT2D eigenvalue weighted by Gasteiger charge is 2.14. The molecule has 3 aromatic carbocycles. The van der Waals surface area contributed by atoms with Gasteiger partial charge in [-0.15, -0.1) is 11.3 Å². The van der Waals surface area contributed by atoms with E-state index in [0.717, 1.165) is 49.4 Å². The van der Waals surface area contributed by atoms with E-state index in [1.165, 1.54) is 6.07 Å². The Morgan fingerprint density at radius 2 is 1.66 bits per heavy atom. The van der Waals surface area contributed by atoms with Gasteiger partial charge in [0.25, 0.3) is 0 Å². The van der Waals surface area contributed by atoms with Gasteiger partial charge in [0.2, 0.25) is 6.41 Å². The number of nitrogens with one attached hydrogen (secondary N) is 1. The van der Waals surface area contributed by atoms with Gasteiger partial charge < -0.3 is 5.32 Å². The predicted octanol–water partition coefficient (Wildman–Crippen LogP) is 6.71. The van der Waals surface area contributed by atoms with E-state index < -0.39 is 0 Å². The minimum Gasteiger partial charge on any atom is -0.329 e. The van der Waals surface area contributed by atoms with Gasteiger partial charge in [-0.25, -0.2) is 9.37 Å². The van der Waals surface area contributed by atoms with Crippen LogP contribution in [0.25, 0.3) is 43.7 Å². The second-order valence-electron chi connectivity index (χ2n) is 7.46. The number of amides is 1. The van der Waals surface area contributed by atoms with Gasteiger partial charge in [0, 0.05) is 28.6 Å². The molecule has 0 aliphatic heterocycles. The van der Waals surface area contributed by atoms with Crippen LogP contribution in [-0.4, -0.2) is 16.4 Å². The summed E-state index contributed by atoms with van der Waals surface area (Å²) in [6.45, 7) is 1.76. The summed E-state index contributed by atoms with van der Waals surface area (Å²) in [6.07, 6.45) is 2.48. The molecule has 5 aromatic rings. The molecule has 0 saturated heterocycles. The predicted molar refractivity (Wildman–Crippen MR) is 128 cm³/mol. The fourth-order valence-electron chi connectivity index (χ4n) is 3.71. The summed E-state index contributed by atoms with van der Waals surface area (Å²) in [7, 11) is 0. The van der Waals surface area contributed by atoms with Crippen molar-refractivity contribution in [2.45, 2.75) is 6.92 Å². The maximum absolute atomic E-state index is 13.9. The van der Waals surface area contributed by atoms with Gasteiger partial charge in [-0.1, -0.05) is 18.2 Å². The van der Waals surface area contributed by atoms with E-state index in [-0.39, 0.29) is 5.82 Å². The van der Waals surface area contributed by atoms with Gasteiger partial charge in [-0.3, -0.25) is 9.78 Å². The highest BCUT2D eigenvalue weighted by atomic mass is 32.1. The smallest absolute Gasteiger partial charge is 0.211 e. The molecule has 2 heterocycles. The molecule has 0 fully saturated rings. The number of rotatable bonds is 5. The molecule has 0 spiro atoms. The van der Waals surface area contributed by atoms with E-state index in [2.05, 4.69) is 22.4 Å². The van der Waals surface area contributed by atoms with Crippen LogP contribution >= 0.6 is 11.3 Å². The van der Waals surface area contributed by atoms with Crippen LogP contribution in [0.3, 0.4) is 0 Å².